The van der Waals surface area contributed by atoms with E-state index in [2.05, 4.69) is 0 Å². The molecule has 0 aliphatic rings. The highest BCUT2D eigenvalue weighted by Crippen LogP contribution is 2.24. The molecule has 0 unspecified atom stereocenters. The molecule has 0 saturated carbocycles. The first-order chi connectivity index (χ1) is 8.58. The van der Waals surface area contributed by atoms with Crippen LogP contribution in [0.3, 0.4) is 0 Å². The molecule has 2 aromatic carbocycles. The van der Waals surface area contributed by atoms with Crippen LogP contribution in [-0.2, 0) is 6.61 Å². The number of benzene rings is 2. The molecule has 0 amide bonds. The Morgan fingerprint density at radius 2 is 1.94 bits per heavy atom. The molecule has 0 aromatic heterocycles. The van der Waals surface area contributed by atoms with Crippen molar-refractivity contribution in [2.45, 2.75) is 13.5 Å². The molecule has 0 N–H and O–H groups in total. The Bertz CT molecular complexity index is 570. The third kappa shape index (κ3) is 2.95. The van der Waals surface area contributed by atoms with E-state index in [9.17, 15) is 4.39 Å². The van der Waals surface area contributed by atoms with Gasteiger partial charge in [-0.2, -0.15) is 0 Å². The maximum atomic E-state index is 13.7. The fourth-order valence-electron chi connectivity index (χ4n) is 1.53. The maximum absolute atomic E-state index is 13.7. The Balaban J connectivity index is 2.14. The molecule has 0 aliphatic heterocycles. The van der Waals surface area contributed by atoms with Gasteiger partial charge in [-0.05, 0) is 30.7 Å². The lowest BCUT2D eigenvalue weighted by Gasteiger charge is -2.09. The number of rotatable bonds is 3. The van der Waals surface area contributed by atoms with Gasteiger partial charge in [0.2, 0.25) is 0 Å². The highest BCUT2D eigenvalue weighted by molar-refractivity contribution is 6.35. The smallest absolute Gasteiger partial charge is 0.167 e. The van der Waals surface area contributed by atoms with Crippen LogP contribution in [0.1, 0.15) is 11.1 Å². The van der Waals surface area contributed by atoms with Crippen LogP contribution < -0.4 is 4.74 Å². The van der Waals surface area contributed by atoms with Crippen molar-refractivity contribution < 1.29 is 9.13 Å². The summed E-state index contributed by atoms with van der Waals surface area (Å²) in [5, 5.41) is 1.07. The normalized spacial score (nSPS) is 10.4. The summed E-state index contributed by atoms with van der Waals surface area (Å²) in [5.41, 5.74) is 1.32. The fourth-order valence-corrected chi connectivity index (χ4v) is 1.99. The molecular formula is C14H11Cl2FO. The van der Waals surface area contributed by atoms with Crippen LogP contribution in [0, 0.1) is 12.7 Å². The molecule has 0 bridgehead atoms. The Labute approximate surface area is 115 Å². The van der Waals surface area contributed by atoms with Crippen LogP contribution in [0.5, 0.6) is 5.75 Å². The van der Waals surface area contributed by atoms with Gasteiger partial charge in [0.25, 0.3) is 0 Å². The molecule has 18 heavy (non-hydrogen) atoms. The topological polar surface area (TPSA) is 9.23 Å². The van der Waals surface area contributed by atoms with Gasteiger partial charge >= 0.3 is 0 Å². The molecule has 0 spiro atoms. The molecule has 0 fully saturated rings. The Morgan fingerprint density at radius 1 is 1.17 bits per heavy atom. The molecule has 0 atom stereocenters. The van der Waals surface area contributed by atoms with Crippen molar-refractivity contribution in [1.29, 1.82) is 0 Å². The third-order valence-corrected chi connectivity index (χ3v) is 3.14. The predicted octanol–water partition coefficient (Wildman–Crippen LogP) is 5.02. The summed E-state index contributed by atoms with van der Waals surface area (Å²) in [5.74, 6) is -0.122. The summed E-state index contributed by atoms with van der Waals surface area (Å²) in [6.07, 6.45) is 0. The number of aryl methyl sites for hydroxylation is 1. The van der Waals surface area contributed by atoms with Gasteiger partial charge in [-0.25, -0.2) is 4.39 Å². The molecule has 4 heteroatoms. The standard InChI is InChI=1S/C14H11Cl2FO/c1-9-3-2-4-13(14(9)17)18-8-10-5-6-11(15)7-12(10)16/h2-7H,8H2,1H3. The number of hydrogen-bond donors (Lipinski definition) is 0. The minimum atomic E-state index is -0.345. The van der Waals surface area contributed by atoms with E-state index in [1.807, 2.05) is 0 Å². The van der Waals surface area contributed by atoms with E-state index in [1.54, 1.807) is 43.3 Å². The fraction of sp³-hybridized carbons (Fsp3) is 0.143. The molecule has 0 aliphatic carbocycles. The van der Waals surface area contributed by atoms with Crippen molar-refractivity contribution in [3.8, 4) is 5.75 Å². The first-order valence-electron chi connectivity index (χ1n) is 5.40. The van der Waals surface area contributed by atoms with Crippen molar-refractivity contribution in [3.05, 3.63) is 63.4 Å². The van der Waals surface area contributed by atoms with Gasteiger partial charge in [-0.3, -0.25) is 0 Å². The zero-order chi connectivity index (χ0) is 13.1. The molecule has 1 nitrogen and oxygen atoms in total. The summed E-state index contributed by atoms with van der Waals surface area (Å²) in [6.45, 7) is 1.90. The molecule has 0 saturated heterocycles. The van der Waals surface area contributed by atoms with Gasteiger partial charge in [0.05, 0.1) is 0 Å². The van der Waals surface area contributed by atoms with E-state index in [-0.39, 0.29) is 18.2 Å². The first kappa shape index (κ1) is 13.2. The molecule has 2 rings (SSSR count). The second-order valence-corrected chi connectivity index (χ2v) is 4.76. The van der Waals surface area contributed by atoms with Crippen molar-refractivity contribution in [1.82, 2.24) is 0 Å². The van der Waals surface area contributed by atoms with Crippen LogP contribution in [0.25, 0.3) is 0 Å². The zero-order valence-electron chi connectivity index (χ0n) is 9.71. The second-order valence-electron chi connectivity index (χ2n) is 3.91. The largest absolute Gasteiger partial charge is 0.486 e. The highest BCUT2D eigenvalue weighted by Gasteiger charge is 2.07. The Hall–Kier alpha value is -1.25. The molecule has 94 valence electrons. The molecule has 0 heterocycles. The second kappa shape index (κ2) is 5.59. The number of halogens is 3. The summed E-state index contributed by atoms with van der Waals surface area (Å²) in [6, 6.07) is 10.1. The van der Waals surface area contributed by atoms with Gasteiger partial charge in [-0.15, -0.1) is 0 Å². The van der Waals surface area contributed by atoms with Crippen molar-refractivity contribution >= 4 is 23.2 Å². The maximum Gasteiger partial charge on any atom is 0.167 e. The number of hydrogen-bond acceptors (Lipinski definition) is 1. The monoisotopic (exact) mass is 284 g/mol. The van der Waals surface area contributed by atoms with Crippen molar-refractivity contribution in [3.63, 3.8) is 0 Å². The van der Waals surface area contributed by atoms with Crippen LogP contribution in [0.15, 0.2) is 36.4 Å². The average molecular weight is 285 g/mol. The van der Waals surface area contributed by atoms with Crippen LogP contribution in [0.4, 0.5) is 4.39 Å². The first-order valence-corrected chi connectivity index (χ1v) is 6.15. The van der Waals surface area contributed by atoms with Crippen LogP contribution in [-0.4, -0.2) is 0 Å². The third-order valence-electron chi connectivity index (χ3n) is 2.55. The van der Waals surface area contributed by atoms with Gasteiger partial charge < -0.3 is 4.74 Å². The van der Waals surface area contributed by atoms with Crippen molar-refractivity contribution in [2.24, 2.45) is 0 Å². The van der Waals surface area contributed by atoms with E-state index in [4.69, 9.17) is 27.9 Å². The van der Waals surface area contributed by atoms with Gasteiger partial charge in [0, 0.05) is 15.6 Å². The van der Waals surface area contributed by atoms with E-state index in [0.29, 0.717) is 15.6 Å². The SMILES string of the molecule is Cc1cccc(OCc2ccc(Cl)cc2Cl)c1F. The van der Waals surface area contributed by atoms with E-state index in [1.165, 1.54) is 0 Å². The minimum absolute atomic E-state index is 0.205. The predicted molar refractivity (Wildman–Crippen MR) is 71.9 cm³/mol. The zero-order valence-corrected chi connectivity index (χ0v) is 11.2. The summed E-state index contributed by atoms with van der Waals surface area (Å²) in [4.78, 5) is 0. The summed E-state index contributed by atoms with van der Waals surface area (Å²) >= 11 is 11.8. The van der Waals surface area contributed by atoms with E-state index < -0.39 is 0 Å². The lowest BCUT2D eigenvalue weighted by molar-refractivity contribution is 0.289. The summed E-state index contributed by atoms with van der Waals surface area (Å²) < 4.78 is 19.1. The van der Waals surface area contributed by atoms with Gasteiger partial charge in [0.15, 0.2) is 11.6 Å². The van der Waals surface area contributed by atoms with Crippen LogP contribution >= 0.6 is 23.2 Å². The lowest BCUT2D eigenvalue weighted by Crippen LogP contribution is -1.99. The van der Waals surface area contributed by atoms with Gasteiger partial charge in [-0.1, -0.05) is 41.4 Å². The molecule has 2 aromatic rings. The Kier molecular flexibility index (Phi) is 4.10. The summed E-state index contributed by atoms with van der Waals surface area (Å²) in [7, 11) is 0. The van der Waals surface area contributed by atoms with E-state index in [0.717, 1.165) is 5.56 Å². The minimum Gasteiger partial charge on any atom is -0.486 e. The number of ether oxygens (including phenoxy) is 1. The molecule has 0 radical (unpaired) electrons. The van der Waals surface area contributed by atoms with Crippen molar-refractivity contribution in [2.75, 3.05) is 0 Å². The lowest BCUT2D eigenvalue weighted by atomic mass is 10.2. The Morgan fingerprint density at radius 3 is 2.67 bits per heavy atom. The average Bonchev–Trinajstić information content (AvgIpc) is 2.33. The molecular weight excluding hydrogens is 274 g/mol. The quantitative estimate of drug-likeness (QED) is 0.769. The van der Waals surface area contributed by atoms with Crippen LogP contribution in [0.2, 0.25) is 10.0 Å². The van der Waals surface area contributed by atoms with Gasteiger partial charge in [0.1, 0.15) is 6.61 Å². The van der Waals surface area contributed by atoms with E-state index >= 15 is 0 Å². The highest BCUT2D eigenvalue weighted by atomic mass is 35.5.